The highest BCUT2D eigenvalue weighted by molar-refractivity contribution is 5.94. The van der Waals surface area contributed by atoms with E-state index in [1.807, 2.05) is 24.0 Å². The summed E-state index contributed by atoms with van der Waals surface area (Å²) in [6, 6.07) is 14.1. The van der Waals surface area contributed by atoms with E-state index in [0.29, 0.717) is 0 Å². The Bertz CT molecular complexity index is 634. The molecule has 0 unspecified atom stereocenters. The lowest BCUT2D eigenvalue weighted by Crippen LogP contribution is -2.48. The summed E-state index contributed by atoms with van der Waals surface area (Å²) in [5.74, 6) is 0.116. The van der Waals surface area contributed by atoms with Gasteiger partial charge < -0.3 is 4.90 Å². The second kappa shape index (κ2) is 6.71. The molecule has 1 amide bonds. The molecular formula is C18H21N3O. The maximum absolute atomic E-state index is 12.5. The lowest BCUT2D eigenvalue weighted by atomic mass is 10.1. The molecule has 3 rings (SSSR count). The average molecular weight is 295 g/mol. The second-order valence-corrected chi connectivity index (χ2v) is 5.74. The van der Waals surface area contributed by atoms with E-state index in [4.69, 9.17) is 0 Å². The van der Waals surface area contributed by atoms with Gasteiger partial charge in [0.05, 0.1) is 0 Å². The van der Waals surface area contributed by atoms with Crippen molar-refractivity contribution in [3.8, 4) is 0 Å². The number of carbonyl (C=O) groups is 1. The topological polar surface area (TPSA) is 36.4 Å². The van der Waals surface area contributed by atoms with Crippen LogP contribution in [0, 0.1) is 6.92 Å². The Kier molecular flexibility index (Phi) is 4.49. The molecule has 2 heterocycles. The van der Waals surface area contributed by atoms with Gasteiger partial charge in [-0.3, -0.25) is 14.7 Å². The van der Waals surface area contributed by atoms with E-state index in [-0.39, 0.29) is 5.91 Å². The fourth-order valence-corrected chi connectivity index (χ4v) is 2.81. The summed E-state index contributed by atoms with van der Waals surface area (Å²) in [6.07, 6.45) is 1.70. The maximum Gasteiger partial charge on any atom is 0.254 e. The van der Waals surface area contributed by atoms with E-state index in [2.05, 4.69) is 34.1 Å². The molecule has 1 aliphatic heterocycles. The van der Waals surface area contributed by atoms with Gasteiger partial charge in [0.1, 0.15) is 0 Å². The van der Waals surface area contributed by atoms with Crippen LogP contribution in [0.1, 0.15) is 21.6 Å². The molecule has 1 saturated heterocycles. The van der Waals surface area contributed by atoms with Crippen molar-refractivity contribution in [2.45, 2.75) is 13.5 Å². The minimum absolute atomic E-state index is 0.116. The van der Waals surface area contributed by atoms with Gasteiger partial charge in [0.2, 0.25) is 0 Å². The van der Waals surface area contributed by atoms with Crippen molar-refractivity contribution in [3.63, 3.8) is 0 Å². The van der Waals surface area contributed by atoms with Gasteiger partial charge in [-0.15, -0.1) is 0 Å². The average Bonchev–Trinajstić information content (AvgIpc) is 2.56. The molecular weight excluding hydrogens is 274 g/mol. The van der Waals surface area contributed by atoms with E-state index >= 15 is 0 Å². The molecule has 0 bridgehead atoms. The highest BCUT2D eigenvalue weighted by Gasteiger charge is 2.22. The first-order chi connectivity index (χ1) is 10.7. The molecule has 22 heavy (non-hydrogen) atoms. The summed E-state index contributed by atoms with van der Waals surface area (Å²) in [4.78, 5) is 21.0. The van der Waals surface area contributed by atoms with E-state index in [0.717, 1.165) is 44.0 Å². The Hall–Kier alpha value is -2.20. The largest absolute Gasteiger partial charge is 0.336 e. The molecule has 1 aliphatic rings. The minimum atomic E-state index is 0.116. The van der Waals surface area contributed by atoms with Crippen molar-refractivity contribution in [1.29, 1.82) is 0 Å². The molecule has 1 fully saturated rings. The third-order valence-electron chi connectivity index (χ3n) is 4.05. The monoisotopic (exact) mass is 295 g/mol. The summed E-state index contributed by atoms with van der Waals surface area (Å²) in [5, 5.41) is 0. The first kappa shape index (κ1) is 14.7. The van der Waals surface area contributed by atoms with Crippen LogP contribution in [0.2, 0.25) is 0 Å². The Morgan fingerprint density at radius 3 is 2.50 bits per heavy atom. The van der Waals surface area contributed by atoms with Gasteiger partial charge in [0.25, 0.3) is 5.91 Å². The van der Waals surface area contributed by atoms with E-state index in [1.54, 1.807) is 12.3 Å². The number of carbonyl (C=O) groups excluding carboxylic acids is 1. The standard InChI is InChI=1S/C18H21N3O/c1-15-13-17(7-8-19-15)18(22)21-11-9-20(10-12-21)14-16-5-3-2-4-6-16/h2-8,13H,9-12,14H2,1H3. The molecule has 0 aliphatic carbocycles. The SMILES string of the molecule is Cc1cc(C(=O)N2CCN(Cc3ccccc3)CC2)ccn1. The zero-order valence-electron chi connectivity index (χ0n) is 12.9. The summed E-state index contributed by atoms with van der Waals surface area (Å²) >= 11 is 0. The molecule has 0 saturated carbocycles. The van der Waals surface area contributed by atoms with Crippen LogP contribution in [-0.2, 0) is 6.54 Å². The number of piperazine rings is 1. The van der Waals surface area contributed by atoms with Gasteiger partial charge >= 0.3 is 0 Å². The van der Waals surface area contributed by atoms with Crippen molar-refractivity contribution in [2.75, 3.05) is 26.2 Å². The fourth-order valence-electron chi connectivity index (χ4n) is 2.81. The predicted molar refractivity (Wildman–Crippen MR) is 86.6 cm³/mol. The molecule has 0 N–H and O–H groups in total. The van der Waals surface area contributed by atoms with Gasteiger partial charge in [-0.1, -0.05) is 30.3 Å². The highest BCUT2D eigenvalue weighted by Crippen LogP contribution is 2.12. The third kappa shape index (κ3) is 3.52. The molecule has 2 aromatic rings. The second-order valence-electron chi connectivity index (χ2n) is 5.74. The number of rotatable bonds is 3. The van der Waals surface area contributed by atoms with Crippen LogP contribution in [0.15, 0.2) is 48.7 Å². The van der Waals surface area contributed by atoms with Crippen LogP contribution in [0.5, 0.6) is 0 Å². The Labute approximate surface area is 131 Å². The van der Waals surface area contributed by atoms with E-state index in [1.165, 1.54) is 5.56 Å². The van der Waals surface area contributed by atoms with Gasteiger partial charge in [0, 0.05) is 50.2 Å². The van der Waals surface area contributed by atoms with Gasteiger partial charge in [-0.25, -0.2) is 0 Å². The Balaban J connectivity index is 1.56. The van der Waals surface area contributed by atoms with E-state index in [9.17, 15) is 4.79 Å². The number of pyridine rings is 1. The molecule has 0 radical (unpaired) electrons. The van der Waals surface area contributed by atoms with Crippen LogP contribution in [0.3, 0.4) is 0 Å². The zero-order chi connectivity index (χ0) is 15.4. The molecule has 0 spiro atoms. The van der Waals surface area contributed by atoms with Crippen LogP contribution < -0.4 is 0 Å². The quantitative estimate of drug-likeness (QED) is 0.872. The van der Waals surface area contributed by atoms with Crippen molar-refractivity contribution in [2.24, 2.45) is 0 Å². The Morgan fingerprint density at radius 1 is 1.09 bits per heavy atom. The number of aryl methyl sites for hydroxylation is 1. The van der Waals surface area contributed by atoms with Gasteiger partial charge in [0.15, 0.2) is 0 Å². The summed E-state index contributed by atoms with van der Waals surface area (Å²) in [6.45, 7) is 6.28. The van der Waals surface area contributed by atoms with Crippen molar-refractivity contribution in [3.05, 3.63) is 65.5 Å². The molecule has 4 nitrogen and oxygen atoms in total. The summed E-state index contributed by atoms with van der Waals surface area (Å²) in [7, 11) is 0. The smallest absolute Gasteiger partial charge is 0.254 e. The predicted octanol–water partition coefficient (Wildman–Crippen LogP) is 2.35. The zero-order valence-corrected chi connectivity index (χ0v) is 12.9. The number of nitrogens with zero attached hydrogens (tertiary/aromatic N) is 3. The maximum atomic E-state index is 12.5. The number of hydrogen-bond acceptors (Lipinski definition) is 3. The minimum Gasteiger partial charge on any atom is -0.336 e. The summed E-state index contributed by atoms with van der Waals surface area (Å²) in [5.41, 5.74) is 2.95. The van der Waals surface area contributed by atoms with Crippen LogP contribution in [0.4, 0.5) is 0 Å². The van der Waals surface area contributed by atoms with Crippen molar-refractivity contribution >= 4 is 5.91 Å². The van der Waals surface area contributed by atoms with Crippen LogP contribution in [-0.4, -0.2) is 46.9 Å². The number of hydrogen-bond donors (Lipinski definition) is 0. The first-order valence-electron chi connectivity index (χ1n) is 7.70. The van der Waals surface area contributed by atoms with Crippen molar-refractivity contribution < 1.29 is 4.79 Å². The Morgan fingerprint density at radius 2 is 1.82 bits per heavy atom. The van der Waals surface area contributed by atoms with Crippen molar-refractivity contribution in [1.82, 2.24) is 14.8 Å². The lowest BCUT2D eigenvalue weighted by molar-refractivity contribution is 0.0628. The normalized spacial score (nSPS) is 15.8. The van der Waals surface area contributed by atoms with Crippen LogP contribution in [0.25, 0.3) is 0 Å². The molecule has 1 aromatic carbocycles. The summed E-state index contributed by atoms with van der Waals surface area (Å²) < 4.78 is 0. The lowest BCUT2D eigenvalue weighted by Gasteiger charge is -2.34. The molecule has 114 valence electrons. The van der Waals surface area contributed by atoms with Crippen LogP contribution >= 0.6 is 0 Å². The van der Waals surface area contributed by atoms with E-state index < -0.39 is 0 Å². The molecule has 0 atom stereocenters. The first-order valence-corrected chi connectivity index (χ1v) is 7.70. The fraction of sp³-hybridized carbons (Fsp3) is 0.333. The van der Waals surface area contributed by atoms with Gasteiger partial charge in [-0.05, 0) is 24.6 Å². The third-order valence-corrected chi connectivity index (χ3v) is 4.05. The number of benzene rings is 1. The highest BCUT2D eigenvalue weighted by atomic mass is 16.2. The van der Waals surface area contributed by atoms with Gasteiger partial charge in [-0.2, -0.15) is 0 Å². The molecule has 1 aromatic heterocycles. The number of aromatic nitrogens is 1. The number of amides is 1. The molecule has 4 heteroatoms.